The first kappa shape index (κ1) is 21.1. The summed E-state index contributed by atoms with van der Waals surface area (Å²) in [6.07, 6.45) is 2.28. The molecule has 0 aliphatic heterocycles. The van der Waals surface area contributed by atoms with E-state index in [-0.39, 0.29) is 11.8 Å². The summed E-state index contributed by atoms with van der Waals surface area (Å²) >= 11 is 3.36. The second-order valence-electron chi connectivity index (χ2n) is 7.41. The van der Waals surface area contributed by atoms with E-state index in [0.717, 1.165) is 45.6 Å². The number of anilines is 1. The van der Waals surface area contributed by atoms with E-state index in [1.54, 1.807) is 24.1 Å². The summed E-state index contributed by atoms with van der Waals surface area (Å²) in [5, 5.41) is 4.38. The predicted octanol–water partition coefficient (Wildman–Crippen LogP) is 5.10. The van der Waals surface area contributed by atoms with Crippen molar-refractivity contribution in [2.45, 2.75) is 26.2 Å². The highest BCUT2D eigenvalue weighted by Gasteiger charge is 2.29. The summed E-state index contributed by atoms with van der Waals surface area (Å²) in [6, 6.07) is 16.5. The van der Waals surface area contributed by atoms with Crippen molar-refractivity contribution in [3.8, 4) is 0 Å². The number of carbonyl (C=O) groups excluding carboxylic acids is 2. The van der Waals surface area contributed by atoms with Crippen molar-refractivity contribution < 1.29 is 14.0 Å². The molecule has 2 aromatic carbocycles. The smallest absolute Gasteiger partial charge is 0.294 e. The van der Waals surface area contributed by atoms with Gasteiger partial charge in [0.1, 0.15) is 5.76 Å². The van der Waals surface area contributed by atoms with Gasteiger partial charge in [0.05, 0.1) is 5.71 Å². The Balaban J connectivity index is 1.59. The van der Waals surface area contributed by atoms with Crippen LogP contribution in [-0.4, -0.2) is 24.6 Å². The molecule has 0 radical (unpaired) electrons. The number of fused-ring (bicyclic) bond motifs is 1. The Morgan fingerprint density at radius 3 is 2.48 bits per heavy atom. The number of para-hydroxylation sites is 1. The zero-order valence-corrected chi connectivity index (χ0v) is 18.9. The molecule has 0 spiro atoms. The maximum absolute atomic E-state index is 13.1. The first-order valence-corrected chi connectivity index (χ1v) is 10.8. The van der Waals surface area contributed by atoms with Gasteiger partial charge in [-0.15, -0.1) is 0 Å². The number of benzene rings is 2. The van der Waals surface area contributed by atoms with Crippen molar-refractivity contribution in [2.24, 2.45) is 5.10 Å². The second kappa shape index (κ2) is 8.89. The van der Waals surface area contributed by atoms with Crippen molar-refractivity contribution in [1.82, 2.24) is 5.43 Å². The highest BCUT2D eigenvalue weighted by atomic mass is 79.9. The lowest BCUT2D eigenvalue weighted by Crippen LogP contribution is -2.26. The van der Waals surface area contributed by atoms with Crippen LogP contribution in [-0.2, 0) is 6.42 Å². The Kier molecular flexibility index (Phi) is 6.04. The van der Waals surface area contributed by atoms with Gasteiger partial charge in [-0.05, 0) is 56.2 Å². The van der Waals surface area contributed by atoms with Crippen LogP contribution < -0.4 is 10.3 Å². The number of nitrogens with one attached hydrogen (secondary N) is 1. The maximum atomic E-state index is 13.1. The molecule has 7 heteroatoms. The van der Waals surface area contributed by atoms with Crippen LogP contribution in [0.3, 0.4) is 0 Å². The highest BCUT2D eigenvalue weighted by Crippen LogP contribution is 2.31. The number of rotatable bonds is 4. The summed E-state index contributed by atoms with van der Waals surface area (Å²) < 4.78 is 6.89. The molecule has 0 atom stereocenters. The van der Waals surface area contributed by atoms with E-state index >= 15 is 0 Å². The Hall–Kier alpha value is -3.19. The van der Waals surface area contributed by atoms with Crippen LogP contribution >= 0.6 is 15.9 Å². The molecule has 6 nitrogen and oxygen atoms in total. The third-order valence-electron chi connectivity index (χ3n) is 5.37. The fourth-order valence-electron chi connectivity index (χ4n) is 3.69. The largest absolute Gasteiger partial charge is 0.455 e. The lowest BCUT2D eigenvalue weighted by atomic mass is 9.93. The van der Waals surface area contributed by atoms with Gasteiger partial charge in [-0.2, -0.15) is 5.10 Å². The van der Waals surface area contributed by atoms with Gasteiger partial charge in [-0.1, -0.05) is 34.1 Å². The summed E-state index contributed by atoms with van der Waals surface area (Å²) in [6.45, 7) is 1.87. The Labute approximate surface area is 189 Å². The van der Waals surface area contributed by atoms with Gasteiger partial charge in [0.25, 0.3) is 11.8 Å². The van der Waals surface area contributed by atoms with Crippen molar-refractivity contribution >= 4 is 39.1 Å². The summed E-state index contributed by atoms with van der Waals surface area (Å²) in [5.41, 5.74) is 6.26. The van der Waals surface area contributed by atoms with Gasteiger partial charge in [-0.25, -0.2) is 5.43 Å². The molecule has 0 saturated carbocycles. The Morgan fingerprint density at radius 1 is 1.06 bits per heavy atom. The summed E-state index contributed by atoms with van der Waals surface area (Å²) in [4.78, 5) is 27.1. The average Bonchev–Trinajstić information content (AvgIpc) is 3.14. The molecule has 1 aromatic heterocycles. The van der Waals surface area contributed by atoms with Crippen LogP contribution in [0.2, 0.25) is 0 Å². The number of amides is 2. The molecule has 2 amide bonds. The number of hydrogen-bond acceptors (Lipinski definition) is 4. The SMILES string of the molecule is Cc1c(C(=O)N(C)c2ccccc2)oc2c1/C(=N/NC(=O)c1ccc(Br)cc1)CCC2. The number of carbonyl (C=O) groups is 2. The van der Waals surface area contributed by atoms with Crippen molar-refractivity contribution in [1.29, 1.82) is 0 Å². The fraction of sp³-hybridized carbons (Fsp3) is 0.208. The molecule has 0 unspecified atom stereocenters. The van der Waals surface area contributed by atoms with Crippen LogP contribution in [0.1, 0.15) is 50.6 Å². The molecule has 1 N–H and O–H groups in total. The van der Waals surface area contributed by atoms with Crippen LogP contribution in [0, 0.1) is 6.92 Å². The van der Waals surface area contributed by atoms with Crippen LogP contribution in [0.15, 0.2) is 68.6 Å². The van der Waals surface area contributed by atoms with Crippen molar-refractivity contribution in [2.75, 3.05) is 11.9 Å². The Bertz CT molecular complexity index is 1150. The zero-order valence-electron chi connectivity index (χ0n) is 17.3. The molecular weight excluding hydrogens is 458 g/mol. The lowest BCUT2D eigenvalue weighted by molar-refractivity contribution is 0.0951. The standard InChI is InChI=1S/C24H22BrN3O3/c1-15-21-19(26-27-23(29)16-11-13-17(25)14-12-16)9-6-10-20(21)31-22(15)24(30)28(2)18-7-4-3-5-8-18/h3-5,7-8,11-14H,6,9-10H2,1-2H3,(H,27,29)/b26-19+. The molecular formula is C24H22BrN3O3. The van der Waals surface area contributed by atoms with E-state index < -0.39 is 0 Å². The summed E-state index contributed by atoms with van der Waals surface area (Å²) in [7, 11) is 1.73. The molecule has 1 heterocycles. The monoisotopic (exact) mass is 479 g/mol. The minimum atomic E-state index is -0.284. The number of halogens is 1. The average molecular weight is 480 g/mol. The second-order valence-corrected chi connectivity index (χ2v) is 8.33. The molecule has 1 aliphatic rings. The highest BCUT2D eigenvalue weighted by molar-refractivity contribution is 9.10. The van der Waals surface area contributed by atoms with Crippen LogP contribution in [0.25, 0.3) is 0 Å². The molecule has 0 saturated heterocycles. The van der Waals surface area contributed by atoms with Gasteiger partial charge in [0.15, 0.2) is 5.76 Å². The minimum absolute atomic E-state index is 0.212. The molecule has 4 rings (SSSR count). The molecule has 31 heavy (non-hydrogen) atoms. The van der Waals surface area contributed by atoms with E-state index in [1.807, 2.05) is 49.4 Å². The van der Waals surface area contributed by atoms with Gasteiger partial charge in [0, 0.05) is 40.3 Å². The molecule has 0 bridgehead atoms. The third-order valence-corrected chi connectivity index (χ3v) is 5.90. The van der Waals surface area contributed by atoms with Crippen LogP contribution in [0.5, 0.6) is 0 Å². The van der Waals surface area contributed by atoms with Gasteiger partial charge < -0.3 is 9.32 Å². The molecule has 158 valence electrons. The lowest BCUT2D eigenvalue weighted by Gasteiger charge is -2.16. The number of nitrogens with zero attached hydrogens (tertiary/aromatic N) is 2. The zero-order chi connectivity index (χ0) is 22.0. The predicted molar refractivity (Wildman–Crippen MR) is 124 cm³/mol. The molecule has 1 aliphatic carbocycles. The minimum Gasteiger partial charge on any atom is -0.455 e. The molecule has 0 fully saturated rings. The maximum Gasteiger partial charge on any atom is 0.294 e. The van der Waals surface area contributed by atoms with Crippen molar-refractivity contribution in [3.05, 3.63) is 87.3 Å². The topological polar surface area (TPSA) is 74.9 Å². The number of aryl methyl sites for hydroxylation is 1. The van der Waals surface area contributed by atoms with E-state index in [4.69, 9.17) is 4.42 Å². The quantitative estimate of drug-likeness (QED) is 0.529. The summed E-state index contributed by atoms with van der Waals surface area (Å²) in [5.74, 6) is 0.556. The third kappa shape index (κ3) is 4.32. The number of hydrogen-bond donors (Lipinski definition) is 1. The first-order valence-electron chi connectivity index (χ1n) is 10.0. The normalized spacial score (nSPS) is 14.2. The fourth-order valence-corrected chi connectivity index (χ4v) is 3.95. The van der Waals surface area contributed by atoms with E-state index in [1.165, 1.54) is 0 Å². The van der Waals surface area contributed by atoms with Gasteiger partial charge >= 0.3 is 0 Å². The van der Waals surface area contributed by atoms with E-state index in [2.05, 4.69) is 26.5 Å². The van der Waals surface area contributed by atoms with E-state index in [0.29, 0.717) is 17.7 Å². The van der Waals surface area contributed by atoms with Crippen molar-refractivity contribution in [3.63, 3.8) is 0 Å². The Morgan fingerprint density at radius 2 is 1.77 bits per heavy atom. The van der Waals surface area contributed by atoms with E-state index in [9.17, 15) is 9.59 Å². The number of hydrazone groups is 1. The van der Waals surface area contributed by atoms with Gasteiger partial charge in [0.2, 0.25) is 0 Å². The van der Waals surface area contributed by atoms with Crippen LogP contribution in [0.4, 0.5) is 5.69 Å². The van der Waals surface area contributed by atoms with Gasteiger partial charge in [-0.3, -0.25) is 9.59 Å². The number of furan rings is 1. The molecule has 3 aromatic rings. The first-order chi connectivity index (χ1) is 15.0.